The van der Waals surface area contributed by atoms with Gasteiger partial charge in [-0.2, -0.15) is 0 Å². The second-order valence-corrected chi connectivity index (χ2v) is 4.67. The van der Waals surface area contributed by atoms with Crippen molar-refractivity contribution in [1.82, 2.24) is 5.32 Å². The maximum absolute atomic E-state index is 11.3. The highest BCUT2D eigenvalue weighted by molar-refractivity contribution is 6.28. The molecule has 23 heavy (non-hydrogen) atoms. The van der Waals surface area contributed by atoms with E-state index in [9.17, 15) is 24.0 Å². The molecule has 118 valence electrons. The van der Waals surface area contributed by atoms with E-state index in [1.165, 1.54) is 24.3 Å². The standard InChI is InChI=1S/C11H7NO4.C4H5NO2/c13-9-4-5-10(14)12(9)8-3-1-2-7(6-8)11(15)16;6-3-1-2-4(7)5-3/h1-6H,(H,15,16);1-2H2,(H,5,6,7). The van der Waals surface area contributed by atoms with Crippen molar-refractivity contribution >= 4 is 35.3 Å². The zero-order valence-electron chi connectivity index (χ0n) is 11.8. The van der Waals surface area contributed by atoms with E-state index in [4.69, 9.17) is 5.11 Å². The fraction of sp³-hybridized carbons (Fsp3) is 0.133. The molecule has 0 aromatic heterocycles. The van der Waals surface area contributed by atoms with Crippen LogP contribution in [-0.2, 0) is 19.2 Å². The number of benzene rings is 1. The molecule has 0 unspecified atom stereocenters. The molecule has 1 fully saturated rings. The third-order valence-electron chi connectivity index (χ3n) is 3.02. The fourth-order valence-electron chi connectivity index (χ4n) is 1.94. The van der Waals surface area contributed by atoms with E-state index >= 15 is 0 Å². The van der Waals surface area contributed by atoms with Crippen LogP contribution in [0.1, 0.15) is 23.2 Å². The minimum Gasteiger partial charge on any atom is -0.478 e. The Morgan fingerprint density at radius 3 is 2.00 bits per heavy atom. The van der Waals surface area contributed by atoms with Crippen molar-refractivity contribution in [2.45, 2.75) is 12.8 Å². The summed E-state index contributed by atoms with van der Waals surface area (Å²) in [7, 11) is 0. The Kier molecular flexibility index (Phi) is 4.65. The number of rotatable bonds is 2. The van der Waals surface area contributed by atoms with Crippen LogP contribution in [0, 0.1) is 0 Å². The predicted octanol–water partition coefficient (Wildman–Crippen LogP) is 0.237. The third-order valence-corrected chi connectivity index (χ3v) is 3.02. The van der Waals surface area contributed by atoms with Gasteiger partial charge in [0.05, 0.1) is 11.3 Å². The van der Waals surface area contributed by atoms with Crippen LogP contribution in [-0.4, -0.2) is 34.7 Å². The SMILES string of the molecule is O=C(O)c1cccc(N2C(=O)C=CC2=O)c1.O=C1CCC(=O)N1. The van der Waals surface area contributed by atoms with Crippen LogP contribution in [0.15, 0.2) is 36.4 Å². The van der Waals surface area contributed by atoms with E-state index < -0.39 is 17.8 Å². The number of amides is 4. The van der Waals surface area contributed by atoms with Crippen LogP contribution < -0.4 is 10.2 Å². The summed E-state index contributed by atoms with van der Waals surface area (Å²) in [6.07, 6.45) is 3.04. The molecule has 2 aliphatic rings. The smallest absolute Gasteiger partial charge is 0.335 e. The molecule has 2 aliphatic heterocycles. The second kappa shape index (κ2) is 6.65. The molecule has 8 nitrogen and oxygen atoms in total. The van der Waals surface area contributed by atoms with Crippen molar-refractivity contribution in [1.29, 1.82) is 0 Å². The molecule has 1 saturated heterocycles. The number of aromatic carboxylic acids is 1. The van der Waals surface area contributed by atoms with Gasteiger partial charge in [-0.05, 0) is 18.2 Å². The van der Waals surface area contributed by atoms with Crippen LogP contribution in [0.2, 0.25) is 0 Å². The average Bonchev–Trinajstić information content (AvgIpc) is 3.04. The molecule has 0 saturated carbocycles. The maximum atomic E-state index is 11.3. The van der Waals surface area contributed by atoms with Crippen molar-refractivity contribution in [3.63, 3.8) is 0 Å². The summed E-state index contributed by atoms with van der Waals surface area (Å²) in [4.78, 5) is 54.6. The van der Waals surface area contributed by atoms with Gasteiger partial charge in [0.2, 0.25) is 11.8 Å². The quantitative estimate of drug-likeness (QED) is 0.754. The Bertz CT molecular complexity index is 705. The molecule has 0 spiro atoms. The summed E-state index contributed by atoms with van der Waals surface area (Å²) in [5.41, 5.74) is 0.296. The lowest BCUT2D eigenvalue weighted by atomic mass is 10.2. The average molecular weight is 316 g/mol. The van der Waals surface area contributed by atoms with E-state index in [0.717, 1.165) is 17.1 Å². The molecule has 4 amide bonds. The number of nitrogens with zero attached hydrogens (tertiary/aromatic N) is 1. The van der Waals surface area contributed by atoms with Gasteiger partial charge >= 0.3 is 5.97 Å². The molecule has 2 N–H and O–H groups in total. The lowest BCUT2D eigenvalue weighted by Gasteiger charge is -2.13. The van der Waals surface area contributed by atoms with Crippen LogP contribution >= 0.6 is 0 Å². The normalized spacial score (nSPS) is 16.3. The van der Waals surface area contributed by atoms with Gasteiger partial charge in [-0.3, -0.25) is 24.5 Å². The van der Waals surface area contributed by atoms with Gasteiger partial charge in [0, 0.05) is 25.0 Å². The van der Waals surface area contributed by atoms with Gasteiger partial charge in [0.15, 0.2) is 0 Å². The highest BCUT2D eigenvalue weighted by Crippen LogP contribution is 2.20. The molecule has 1 aromatic carbocycles. The maximum Gasteiger partial charge on any atom is 0.335 e. The summed E-state index contributed by atoms with van der Waals surface area (Å²) in [6, 6.07) is 5.67. The summed E-state index contributed by atoms with van der Waals surface area (Å²) in [5.74, 6) is -2.33. The summed E-state index contributed by atoms with van der Waals surface area (Å²) in [6.45, 7) is 0. The Balaban J connectivity index is 0.000000229. The minimum atomic E-state index is -1.10. The summed E-state index contributed by atoms with van der Waals surface area (Å²) in [5, 5.41) is 10.9. The first-order valence-electron chi connectivity index (χ1n) is 6.60. The summed E-state index contributed by atoms with van der Waals surface area (Å²) < 4.78 is 0. The summed E-state index contributed by atoms with van der Waals surface area (Å²) >= 11 is 0. The van der Waals surface area contributed by atoms with Crippen molar-refractivity contribution in [2.24, 2.45) is 0 Å². The number of imide groups is 2. The first-order valence-corrected chi connectivity index (χ1v) is 6.60. The van der Waals surface area contributed by atoms with Gasteiger partial charge in [-0.25, -0.2) is 9.69 Å². The molecular formula is C15H12N2O6. The largest absolute Gasteiger partial charge is 0.478 e. The van der Waals surface area contributed by atoms with Crippen LogP contribution in [0.25, 0.3) is 0 Å². The van der Waals surface area contributed by atoms with Gasteiger partial charge < -0.3 is 5.11 Å². The topological polar surface area (TPSA) is 121 Å². The Labute approximate surface area is 130 Å². The number of anilines is 1. The molecule has 0 bridgehead atoms. The number of carbonyl (C=O) groups is 5. The zero-order valence-corrected chi connectivity index (χ0v) is 11.8. The van der Waals surface area contributed by atoms with Crippen molar-refractivity contribution in [3.8, 4) is 0 Å². The Hall–Kier alpha value is -3.29. The highest BCUT2D eigenvalue weighted by atomic mass is 16.4. The van der Waals surface area contributed by atoms with Crippen LogP contribution in [0.5, 0.6) is 0 Å². The molecular weight excluding hydrogens is 304 g/mol. The zero-order chi connectivity index (χ0) is 17.0. The molecule has 0 atom stereocenters. The number of carbonyl (C=O) groups excluding carboxylic acids is 4. The van der Waals surface area contributed by atoms with Crippen molar-refractivity contribution in [2.75, 3.05) is 4.90 Å². The van der Waals surface area contributed by atoms with Gasteiger partial charge in [0.1, 0.15) is 0 Å². The fourth-order valence-corrected chi connectivity index (χ4v) is 1.94. The predicted molar refractivity (Wildman–Crippen MR) is 77.4 cm³/mol. The van der Waals surface area contributed by atoms with E-state index in [1.807, 2.05) is 0 Å². The molecule has 1 aromatic rings. The van der Waals surface area contributed by atoms with Crippen molar-refractivity contribution in [3.05, 3.63) is 42.0 Å². The lowest BCUT2D eigenvalue weighted by Crippen LogP contribution is -2.29. The number of hydrogen-bond acceptors (Lipinski definition) is 5. The molecule has 0 radical (unpaired) electrons. The number of carboxylic acid groups (broad SMARTS) is 1. The van der Waals surface area contributed by atoms with E-state index in [0.29, 0.717) is 12.8 Å². The van der Waals surface area contributed by atoms with E-state index in [-0.39, 0.29) is 23.1 Å². The van der Waals surface area contributed by atoms with E-state index in [1.54, 1.807) is 0 Å². The molecule has 2 heterocycles. The minimum absolute atomic E-state index is 0.0324. The van der Waals surface area contributed by atoms with Crippen molar-refractivity contribution < 1.29 is 29.1 Å². The monoisotopic (exact) mass is 316 g/mol. The van der Waals surface area contributed by atoms with Gasteiger partial charge in [-0.15, -0.1) is 0 Å². The van der Waals surface area contributed by atoms with Gasteiger partial charge in [-0.1, -0.05) is 6.07 Å². The lowest BCUT2D eigenvalue weighted by molar-refractivity contribution is -0.125. The Morgan fingerprint density at radius 2 is 1.57 bits per heavy atom. The van der Waals surface area contributed by atoms with E-state index in [2.05, 4.69) is 5.32 Å². The van der Waals surface area contributed by atoms with Crippen LogP contribution in [0.3, 0.4) is 0 Å². The second-order valence-electron chi connectivity index (χ2n) is 4.67. The highest BCUT2D eigenvalue weighted by Gasteiger charge is 2.25. The first kappa shape index (κ1) is 16.1. The first-order chi connectivity index (χ1) is 10.9. The number of nitrogens with one attached hydrogen (secondary N) is 1. The number of hydrogen-bond donors (Lipinski definition) is 2. The van der Waals surface area contributed by atoms with Crippen LogP contribution in [0.4, 0.5) is 5.69 Å². The third kappa shape index (κ3) is 3.88. The molecule has 0 aliphatic carbocycles. The Morgan fingerprint density at radius 1 is 1.00 bits per heavy atom. The molecule has 3 rings (SSSR count). The molecule has 8 heteroatoms. The van der Waals surface area contributed by atoms with Gasteiger partial charge in [0.25, 0.3) is 11.8 Å². The number of carboxylic acids is 1.